The highest BCUT2D eigenvalue weighted by Gasteiger charge is 2.23. The van der Waals surface area contributed by atoms with Crippen LogP contribution in [-0.4, -0.2) is 31.8 Å². The van der Waals surface area contributed by atoms with Crippen LogP contribution in [0, 0.1) is 0 Å². The molecule has 2 atom stereocenters. The number of ether oxygens (including phenoxy) is 1. The van der Waals surface area contributed by atoms with Gasteiger partial charge in [0.05, 0.1) is 12.7 Å². The van der Waals surface area contributed by atoms with Crippen LogP contribution in [0.5, 0.6) is 0 Å². The highest BCUT2D eigenvalue weighted by atomic mass is 16.5. The Kier molecular flexibility index (Phi) is 5.61. The Morgan fingerprint density at radius 2 is 2.53 bits per heavy atom. The maximum atomic E-state index is 5.65. The smallest absolute Gasteiger partial charge is 0.0805 e. The first-order valence-electron chi connectivity index (χ1n) is 5.62. The first kappa shape index (κ1) is 12.4. The molecular weight excluding hydrogens is 188 g/mol. The summed E-state index contributed by atoms with van der Waals surface area (Å²) in [6.07, 6.45) is 6.37. The van der Waals surface area contributed by atoms with E-state index in [1.807, 2.05) is 0 Å². The summed E-state index contributed by atoms with van der Waals surface area (Å²) in [6, 6.07) is 0.450. The van der Waals surface area contributed by atoms with Crippen LogP contribution in [0.15, 0.2) is 24.3 Å². The van der Waals surface area contributed by atoms with Crippen LogP contribution in [0.1, 0.15) is 19.8 Å². The fourth-order valence-corrected chi connectivity index (χ4v) is 1.82. The second-order valence-electron chi connectivity index (χ2n) is 3.96. The van der Waals surface area contributed by atoms with Gasteiger partial charge >= 0.3 is 0 Å². The second-order valence-corrected chi connectivity index (χ2v) is 3.96. The number of nitrogens with one attached hydrogen (secondary N) is 1. The minimum absolute atomic E-state index is 0.262. The number of hydrogen-bond donors (Lipinski definition) is 2. The van der Waals surface area contributed by atoms with E-state index in [4.69, 9.17) is 10.5 Å². The molecule has 0 heterocycles. The van der Waals surface area contributed by atoms with Crippen LogP contribution < -0.4 is 11.1 Å². The molecule has 86 valence electrons. The van der Waals surface area contributed by atoms with Crippen LogP contribution in [0.25, 0.3) is 0 Å². The monoisotopic (exact) mass is 210 g/mol. The van der Waals surface area contributed by atoms with Gasteiger partial charge in [-0.1, -0.05) is 12.2 Å². The van der Waals surface area contributed by atoms with Crippen molar-refractivity contribution in [1.29, 1.82) is 0 Å². The highest BCUT2D eigenvalue weighted by Crippen LogP contribution is 2.21. The van der Waals surface area contributed by atoms with Gasteiger partial charge in [0.25, 0.3) is 0 Å². The summed E-state index contributed by atoms with van der Waals surface area (Å²) in [4.78, 5) is 0. The third-order valence-corrected chi connectivity index (χ3v) is 2.64. The van der Waals surface area contributed by atoms with Gasteiger partial charge in [-0.3, -0.25) is 0 Å². The summed E-state index contributed by atoms with van der Waals surface area (Å²) < 4.78 is 5.65. The highest BCUT2D eigenvalue weighted by molar-refractivity contribution is 5.17. The van der Waals surface area contributed by atoms with E-state index in [-0.39, 0.29) is 6.10 Å². The fraction of sp³-hybridized carbons (Fsp3) is 0.667. The number of hydrogen-bond acceptors (Lipinski definition) is 3. The Balaban J connectivity index is 2.25. The van der Waals surface area contributed by atoms with E-state index in [2.05, 4.69) is 24.9 Å². The molecular formula is C12H22N2O. The Bertz CT molecular complexity index is 226. The molecule has 0 aromatic carbocycles. The lowest BCUT2D eigenvalue weighted by molar-refractivity contribution is 0.0976. The molecule has 0 saturated carbocycles. The molecule has 0 aliphatic heterocycles. The van der Waals surface area contributed by atoms with Gasteiger partial charge in [0.1, 0.15) is 0 Å². The Morgan fingerprint density at radius 3 is 3.20 bits per heavy atom. The van der Waals surface area contributed by atoms with Crippen molar-refractivity contribution >= 4 is 0 Å². The lowest BCUT2D eigenvalue weighted by atomic mass is 10.2. The third kappa shape index (κ3) is 4.16. The summed E-state index contributed by atoms with van der Waals surface area (Å²) in [5, 5.41) is 3.46. The van der Waals surface area contributed by atoms with E-state index in [9.17, 15) is 0 Å². The van der Waals surface area contributed by atoms with Gasteiger partial charge < -0.3 is 15.8 Å². The Hall–Kier alpha value is -0.640. The summed E-state index contributed by atoms with van der Waals surface area (Å²) in [7, 11) is 0. The van der Waals surface area contributed by atoms with E-state index in [0.29, 0.717) is 12.6 Å². The van der Waals surface area contributed by atoms with Gasteiger partial charge in [0.2, 0.25) is 0 Å². The lowest BCUT2D eigenvalue weighted by Crippen LogP contribution is -2.29. The minimum Gasteiger partial charge on any atom is -0.370 e. The molecule has 1 rings (SSSR count). The molecule has 3 nitrogen and oxygen atoms in total. The van der Waals surface area contributed by atoms with Crippen molar-refractivity contribution in [2.45, 2.75) is 31.9 Å². The van der Waals surface area contributed by atoms with E-state index in [0.717, 1.165) is 25.9 Å². The maximum Gasteiger partial charge on any atom is 0.0805 e. The van der Waals surface area contributed by atoms with Crippen molar-refractivity contribution in [3.05, 3.63) is 24.3 Å². The first-order chi connectivity index (χ1) is 7.27. The van der Waals surface area contributed by atoms with Crippen molar-refractivity contribution in [2.24, 2.45) is 5.73 Å². The first-order valence-corrected chi connectivity index (χ1v) is 5.62. The predicted molar refractivity (Wildman–Crippen MR) is 63.8 cm³/mol. The van der Waals surface area contributed by atoms with E-state index in [1.165, 1.54) is 5.57 Å². The third-order valence-electron chi connectivity index (χ3n) is 2.64. The molecule has 0 bridgehead atoms. The molecule has 3 N–H and O–H groups in total. The predicted octanol–water partition coefficient (Wildman–Crippen LogP) is 1.21. The van der Waals surface area contributed by atoms with Crippen LogP contribution in [0.3, 0.4) is 0 Å². The molecule has 0 amide bonds. The minimum atomic E-state index is 0.262. The van der Waals surface area contributed by atoms with Crippen LogP contribution in [0.2, 0.25) is 0 Å². The molecule has 0 radical (unpaired) electrons. The normalized spacial score (nSPS) is 25.3. The molecule has 0 saturated heterocycles. The summed E-state index contributed by atoms with van der Waals surface area (Å²) in [5.41, 5.74) is 6.76. The van der Waals surface area contributed by atoms with Gasteiger partial charge in [0.15, 0.2) is 0 Å². The van der Waals surface area contributed by atoms with Crippen molar-refractivity contribution in [3.8, 4) is 0 Å². The van der Waals surface area contributed by atoms with Crippen molar-refractivity contribution in [1.82, 2.24) is 5.32 Å². The van der Waals surface area contributed by atoms with Gasteiger partial charge in [-0.25, -0.2) is 0 Å². The van der Waals surface area contributed by atoms with E-state index < -0.39 is 0 Å². The molecule has 2 unspecified atom stereocenters. The molecule has 1 aliphatic carbocycles. The maximum absolute atomic E-state index is 5.65. The summed E-state index contributed by atoms with van der Waals surface area (Å²) >= 11 is 0. The summed E-state index contributed by atoms with van der Waals surface area (Å²) in [6.45, 7) is 8.14. The van der Waals surface area contributed by atoms with Gasteiger partial charge in [0, 0.05) is 6.04 Å². The zero-order valence-corrected chi connectivity index (χ0v) is 9.54. The average molecular weight is 210 g/mol. The van der Waals surface area contributed by atoms with Gasteiger partial charge in [-0.15, -0.1) is 6.58 Å². The summed E-state index contributed by atoms with van der Waals surface area (Å²) in [5.74, 6) is 0. The van der Waals surface area contributed by atoms with Crippen molar-refractivity contribution in [2.75, 3.05) is 19.7 Å². The van der Waals surface area contributed by atoms with Crippen molar-refractivity contribution in [3.63, 3.8) is 0 Å². The standard InChI is InChI=1S/C12H22N2O/c1-3-7-15-12-9-11(8-10(12)2)14-6-4-5-13/h3,8,11-12,14H,1,4-7,9,13H2,2H3. The lowest BCUT2D eigenvalue weighted by Gasteiger charge is -2.14. The van der Waals surface area contributed by atoms with Gasteiger partial charge in [-0.2, -0.15) is 0 Å². The molecule has 0 aromatic rings. The quantitative estimate of drug-likeness (QED) is 0.490. The molecule has 3 heteroatoms. The molecule has 1 aliphatic rings. The van der Waals surface area contributed by atoms with Crippen LogP contribution in [0.4, 0.5) is 0 Å². The zero-order chi connectivity index (χ0) is 11.1. The SMILES string of the molecule is C=CCOC1CC(NCCCN)C=C1C. The number of nitrogens with two attached hydrogens (primary N) is 1. The zero-order valence-electron chi connectivity index (χ0n) is 9.54. The number of rotatable bonds is 7. The van der Waals surface area contributed by atoms with E-state index in [1.54, 1.807) is 6.08 Å². The molecule has 0 fully saturated rings. The molecule has 0 spiro atoms. The van der Waals surface area contributed by atoms with Crippen LogP contribution >= 0.6 is 0 Å². The van der Waals surface area contributed by atoms with Crippen molar-refractivity contribution < 1.29 is 4.74 Å². The molecule has 0 aromatic heterocycles. The molecule has 15 heavy (non-hydrogen) atoms. The Morgan fingerprint density at radius 1 is 1.73 bits per heavy atom. The van der Waals surface area contributed by atoms with Crippen LogP contribution in [-0.2, 0) is 4.74 Å². The van der Waals surface area contributed by atoms with Gasteiger partial charge in [-0.05, 0) is 38.4 Å². The second kappa shape index (κ2) is 6.77. The average Bonchev–Trinajstić information content (AvgIpc) is 2.57. The Labute approximate surface area is 92.4 Å². The fourth-order valence-electron chi connectivity index (χ4n) is 1.82. The topological polar surface area (TPSA) is 47.3 Å². The van der Waals surface area contributed by atoms with E-state index >= 15 is 0 Å². The largest absolute Gasteiger partial charge is 0.370 e.